The van der Waals surface area contributed by atoms with Gasteiger partial charge in [-0.05, 0) is 5.56 Å². The van der Waals surface area contributed by atoms with Crippen molar-refractivity contribution in [2.45, 2.75) is 33.2 Å². The fourth-order valence-electron chi connectivity index (χ4n) is 1.95. The quantitative estimate of drug-likeness (QED) is 0.564. The molecule has 2 heterocycles. The summed E-state index contributed by atoms with van der Waals surface area (Å²) in [5.74, 6) is 1.41. The topological polar surface area (TPSA) is 48.7 Å². The Bertz CT molecular complexity index is 417. The molecule has 84 valence electrons. The number of imide groups is 1. The molecule has 0 aromatic carbocycles. The number of nitrogens with zero attached hydrogens (tertiary/aromatic N) is 1. The Hall–Kier alpha value is -1.71. The SMILES string of the molecule is Cc1cc(CN2C(=O)CCC2=O)cc(C)[o+]1. The highest BCUT2D eigenvalue weighted by Gasteiger charge is 2.29. The van der Waals surface area contributed by atoms with E-state index in [1.807, 2.05) is 26.0 Å². The number of hydrogen-bond acceptors (Lipinski definition) is 2. The van der Waals surface area contributed by atoms with Crippen molar-refractivity contribution in [1.29, 1.82) is 0 Å². The molecule has 0 unspecified atom stereocenters. The number of carbonyl (C=O) groups is 2. The van der Waals surface area contributed by atoms with Crippen molar-refractivity contribution in [2.75, 3.05) is 0 Å². The number of hydrogen-bond donors (Lipinski definition) is 0. The molecule has 1 aliphatic heterocycles. The molecule has 0 N–H and O–H groups in total. The van der Waals surface area contributed by atoms with Crippen molar-refractivity contribution >= 4 is 11.8 Å². The maximum absolute atomic E-state index is 11.4. The Morgan fingerprint density at radius 3 is 2.12 bits per heavy atom. The summed E-state index contributed by atoms with van der Waals surface area (Å²) >= 11 is 0. The van der Waals surface area contributed by atoms with Gasteiger partial charge in [0.25, 0.3) is 0 Å². The van der Waals surface area contributed by atoms with Crippen LogP contribution in [0.1, 0.15) is 29.9 Å². The van der Waals surface area contributed by atoms with Gasteiger partial charge in [-0.25, -0.2) is 4.42 Å². The second-order valence-corrected chi connectivity index (χ2v) is 4.06. The van der Waals surface area contributed by atoms with Crippen LogP contribution in [0.15, 0.2) is 16.5 Å². The average molecular weight is 220 g/mol. The summed E-state index contributed by atoms with van der Waals surface area (Å²) in [5, 5.41) is 0. The van der Waals surface area contributed by atoms with Crippen molar-refractivity contribution in [1.82, 2.24) is 4.90 Å². The van der Waals surface area contributed by atoms with Gasteiger partial charge >= 0.3 is 11.5 Å². The van der Waals surface area contributed by atoms with Gasteiger partial charge in [-0.3, -0.25) is 14.5 Å². The fourth-order valence-corrected chi connectivity index (χ4v) is 1.95. The van der Waals surface area contributed by atoms with Crippen LogP contribution in [-0.2, 0) is 16.1 Å². The molecule has 4 nitrogen and oxygen atoms in total. The van der Waals surface area contributed by atoms with Gasteiger partial charge in [-0.15, -0.1) is 0 Å². The first-order chi connectivity index (χ1) is 7.56. The molecule has 0 spiro atoms. The molecule has 0 aliphatic carbocycles. The van der Waals surface area contributed by atoms with Crippen LogP contribution in [0.2, 0.25) is 0 Å². The van der Waals surface area contributed by atoms with Crippen molar-refractivity contribution in [3.05, 3.63) is 29.2 Å². The van der Waals surface area contributed by atoms with Gasteiger partial charge in [-0.1, -0.05) is 0 Å². The summed E-state index contributed by atoms with van der Waals surface area (Å²) in [5.41, 5.74) is 0.935. The van der Waals surface area contributed by atoms with Crippen LogP contribution in [0.5, 0.6) is 0 Å². The summed E-state index contributed by atoms with van der Waals surface area (Å²) in [6.45, 7) is 4.06. The molecule has 0 bridgehead atoms. The molecule has 1 aromatic rings. The van der Waals surface area contributed by atoms with Gasteiger partial charge in [0.05, 0.1) is 20.4 Å². The molecule has 0 saturated carbocycles. The lowest BCUT2D eigenvalue weighted by Gasteiger charge is -2.12. The molecular formula is C12H14NO3+. The first-order valence-electron chi connectivity index (χ1n) is 5.30. The standard InChI is InChI=1S/C12H14NO3/c1-8-5-10(6-9(2)16-8)7-13-11(14)3-4-12(13)15/h5-6H,3-4,7H2,1-2H3/q+1. The molecule has 2 rings (SSSR count). The Balaban J connectivity index is 2.20. The maximum atomic E-state index is 11.4. The van der Waals surface area contributed by atoms with Gasteiger partial charge in [0.15, 0.2) is 0 Å². The zero-order valence-electron chi connectivity index (χ0n) is 9.45. The van der Waals surface area contributed by atoms with Gasteiger partial charge in [0, 0.05) is 25.0 Å². The van der Waals surface area contributed by atoms with E-state index in [1.165, 1.54) is 4.90 Å². The molecule has 1 aromatic heterocycles. The Labute approximate surface area is 93.9 Å². The van der Waals surface area contributed by atoms with Crippen LogP contribution < -0.4 is 0 Å². The maximum Gasteiger partial charge on any atom is 0.326 e. The molecule has 0 atom stereocenters. The monoisotopic (exact) mass is 220 g/mol. The van der Waals surface area contributed by atoms with E-state index >= 15 is 0 Å². The van der Waals surface area contributed by atoms with Gasteiger partial charge < -0.3 is 0 Å². The van der Waals surface area contributed by atoms with Gasteiger partial charge in [0.1, 0.15) is 0 Å². The van der Waals surface area contributed by atoms with E-state index in [1.54, 1.807) is 0 Å². The third-order valence-electron chi connectivity index (χ3n) is 2.59. The number of aryl methyl sites for hydroxylation is 2. The van der Waals surface area contributed by atoms with E-state index in [0.29, 0.717) is 19.4 Å². The van der Waals surface area contributed by atoms with E-state index in [4.69, 9.17) is 4.42 Å². The summed E-state index contributed by atoms with van der Waals surface area (Å²) < 4.78 is 5.35. The molecule has 1 saturated heterocycles. The largest absolute Gasteiger partial charge is 0.326 e. The van der Waals surface area contributed by atoms with Crippen LogP contribution in [0.3, 0.4) is 0 Å². The van der Waals surface area contributed by atoms with Gasteiger partial charge in [0.2, 0.25) is 11.8 Å². The summed E-state index contributed by atoms with van der Waals surface area (Å²) in [6.07, 6.45) is 0.683. The lowest BCUT2D eigenvalue weighted by Crippen LogP contribution is -2.28. The highest BCUT2D eigenvalue weighted by molar-refractivity contribution is 6.01. The molecule has 16 heavy (non-hydrogen) atoms. The Kier molecular flexibility index (Phi) is 2.73. The highest BCUT2D eigenvalue weighted by atomic mass is 16.3. The van der Waals surface area contributed by atoms with E-state index in [-0.39, 0.29) is 11.8 Å². The summed E-state index contributed by atoms with van der Waals surface area (Å²) in [4.78, 5) is 24.2. The van der Waals surface area contributed by atoms with Crippen LogP contribution in [0.4, 0.5) is 0 Å². The molecule has 1 aliphatic rings. The zero-order valence-corrected chi connectivity index (χ0v) is 9.45. The van der Waals surface area contributed by atoms with Crippen molar-refractivity contribution in [2.24, 2.45) is 0 Å². The van der Waals surface area contributed by atoms with E-state index in [0.717, 1.165) is 17.1 Å². The molecule has 4 heteroatoms. The van der Waals surface area contributed by atoms with Crippen LogP contribution in [0, 0.1) is 13.8 Å². The second-order valence-electron chi connectivity index (χ2n) is 4.06. The first kappa shape index (κ1) is 10.8. The third kappa shape index (κ3) is 2.10. The fraction of sp³-hybridized carbons (Fsp3) is 0.417. The molecular weight excluding hydrogens is 206 g/mol. The van der Waals surface area contributed by atoms with E-state index in [9.17, 15) is 9.59 Å². The van der Waals surface area contributed by atoms with Crippen LogP contribution >= 0.6 is 0 Å². The van der Waals surface area contributed by atoms with Crippen molar-refractivity contribution < 1.29 is 14.0 Å². The minimum Gasteiger partial charge on any atom is -0.278 e. The summed E-state index contributed by atoms with van der Waals surface area (Å²) in [7, 11) is 0. The van der Waals surface area contributed by atoms with Crippen molar-refractivity contribution in [3.63, 3.8) is 0 Å². The van der Waals surface area contributed by atoms with Crippen molar-refractivity contribution in [3.8, 4) is 0 Å². The predicted octanol–water partition coefficient (Wildman–Crippen LogP) is 1.83. The summed E-state index contributed by atoms with van der Waals surface area (Å²) in [6, 6.07) is 3.71. The molecule has 1 fully saturated rings. The minimum absolute atomic E-state index is 0.0823. The van der Waals surface area contributed by atoms with Crippen LogP contribution in [0.25, 0.3) is 0 Å². The number of carbonyl (C=O) groups excluding carboxylic acids is 2. The molecule has 2 amide bonds. The zero-order chi connectivity index (χ0) is 11.7. The smallest absolute Gasteiger partial charge is 0.278 e. The number of rotatable bonds is 2. The Morgan fingerprint density at radius 1 is 1.12 bits per heavy atom. The Morgan fingerprint density at radius 2 is 1.62 bits per heavy atom. The van der Waals surface area contributed by atoms with Crippen LogP contribution in [-0.4, -0.2) is 16.7 Å². The van der Waals surface area contributed by atoms with E-state index < -0.39 is 0 Å². The second kappa shape index (κ2) is 4.04. The lowest BCUT2D eigenvalue weighted by molar-refractivity contribution is -0.139. The highest BCUT2D eigenvalue weighted by Crippen LogP contribution is 2.17. The minimum atomic E-state index is -0.0823. The first-order valence-corrected chi connectivity index (χ1v) is 5.30. The third-order valence-corrected chi connectivity index (χ3v) is 2.59. The lowest BCUT2D eigenvalue weighted by atomic mass is 10.2. The number of likely N-dealkylation sites (tertiary alicyclic amines) is 1. The average Bonchev–Trinajstić information content (AvgIpc) is 2.48. The predicted molar refractivity (Wildman–Crippen MR) is 57.4 cm³/mol. The number of amides is 2. The van der Waals surface area contributed by atoms with Gasteiger partial charge in [-0.2, -0.15) is 0 Å². The molecule has 0 radical (unpaired) electrons. The normalized spacial score (nSPS) is 16.0. The van der Waals surface area contributed by atoms with E-state index in [2.05, 4.69) is 0 Å².